The third-order valence-corrected chi connectivity index (χ3v) is 9.09. The normalized spacial score (nSPS) is 17.1. The largest absolute Gasteiger partial charge is 0.497 e. The minimum Gasteiger partial charge on any atom is -0.497 e. The predicted octanol–water partition coefficient (Wildman–Crippen LogP) is 6.12. The Bertz CT molecular complexity index is 2180. The second-order valence-electron chi connectivity index (χ2n) is 12.8. The molecule has 7 rings (SSSR count). The molecule has 3 heterocycles. The Morgan fingerprint density at radius 2 is 1.45 bits per heavy atom. The first-order valence-corrected chi connectivity index (χ1v) is 17.2. The zero-order valence-corrected chi connectivity index (χ0v) is 30.0. The Labute approximate surface area is 308 Å². The van der Waals surface area contributed by atoms with Gasteiger partial charge in [0.05, 0.1) is 38.7 Å². The van der Waals surface area contributed by atoms with Crippen molar-refractivity contribution in [1.29, 1.82) is 0 Å². The van der Waals surface area contributed by atoms with Crippen molar-refractivity contribution in [3.63, 3.8) is 0 Å². The molecule has 11 nitrogen and oxygen atoms in total. The van der Waals surface area contributed by atoms with Crippen molar-refractivity contribution in [1.82, 2.24) is 24.6 Å². The molecular weight excluding hydrogens is 668 g/mol. The number of aromatic nitrogens is 4. The average molecular weight is 709 g/mol. The number of fused-ring (bicyclic) bond motifs is 1. The molecule has 1 N–H and O–H groups in total. The molecule has 4 aromatic carbocycles. The maximum absolute atomic E-state index is 11.5. The van der Waals surface area contributed by atoms with Gasteiger partial charge in [0.15, 0.2) is 17.7 Å². The van der Waals surface area contributed by atoms with E-state index in [0.29, 0.717) is 22.5 Å². The first-order chi connectivity index (χ1) is 25.9. The first kappa shape index (κ1) is 35.3. The highest BCUT2D eigenvalue weighted by Gasteiger charge is 2.42. The van der Waals surface area contributed by atoms with Crippen molar-refractivity contribution >= 4 is 23.2 Å². The third kappa shape index (κ3) is 7.34. The van der Waals surface area contributed by atoms with Crippen LogP contribution in [0.15, 0.2) is 121 Å². The van der Waals surface area contributed by atoms with E-state index in [-0.39, 0.29) is 13.0 Å². The lowest BCUT2D eigenvalue weighted by atomic mass is 9.80. The summed E-state index contributed by atoms with van der Waals surface area (Å²) in [6.45, 7) is 0.0534. The summed E-state index contributed by atoms with van der Waals surface area (Å²) in [6, 6.07) is 35.3. The summed E-state index contributed by atoms with van der Waals surface area (Å²) in [7, 11) is 7.04. The van der Waals surface area contributed by atoms with Gasteiger partial charge >= 0.3 is 0 Å². The summed E-state index contributed by atoms with van der Waals surface area (Å²) in [5.41, 5.74) is 3.37. The maximum Gasteiger partial charge on any atom is 0.169 e. The van der Waals surface area contributed by atoms with Gasteiger partial charge in [0, 0.05) is 26.1 Å². The number of hydrogen-bond donors (Lipinski definition) is 1. The van der Waals surface area contributed by atoms with Crippen molar-refractivity contribution in [2.75, 3.05) is 34.9 Å². The number of methoxy groups -OCH3 is 2. The Morgan fingerprint density at radius 1 is 0.849 bits per heavy atom. The van der Waals surface area contributed by atoms with Crippen LogP contribution >= 0.6 is 0 Å². The van der Waals surface area contributed by atoms with Gasteiger partial charge in [0.2, 0.25) is 0 Å². The van der Waals surface area contributed by atoms with Crippen LogP contribution in [-0.4, -0.2) is 83.2 Å². The van der Waals surface area contributed by atoms with Gasteiger partial charge in [0.25, 0.3) is 0 Å². The number of hydrogen-bond acceptors (Lipinski definition) is 9. The Morgan fingerprint density at radius 3 is 2.06 bits per heavy atom. The number of rotatable bonds is 11. The molecule has 3 atom stereocenters. The molecular formula is C42H40N6O5. The molecule has 1 aliphatic rings. The SMILES string of the molecule is COc1ccc(C(OC[C@H]2O[C@@H](n3nc(C#Cc4ccccc4)c4c(/N=C/N(C)C)ncnc43)C[C@@H]2O)(c2ccccc2)c2ccc(OC)cc2)cc1. The van der Waals surface area contributed by atoms with Gasteiger partial charge in [-0.2, -0.15) is 5.10 Å². The summed E-state index contributed by atoms with van der Waals surface area (Å²) >= 11 is 0. The van der Waals surface area contributed by atoms with Gasteiger partial charge in [-0.3, -0.25) is 0 Å². The van der Waals surface area contributed by atoms with E-state index in [0.717, 1.165) is 33.8 Å². The number of ether oxygens (including phenoxy) is 4. The molecule has 0 saturated carbocycles. The number of aliphatic imine (C=N–C) groups is 1. The zero-order valence-electron chi connectivity index (χ0n) is 30.0. The average Bonchev–Trinajstić information content (AvgIpc) is 3.77. The minimum atomic E-state index is -1.08. The number of aliphatic hydroxyl groups excluding tert-OH is 1. The highest BCUT2D eigenvalue weighted by molar-refractivity contribution is 5.91. The van der Waals surface area contributed by atoms with Crippen molar-refractivity contribution in [2.45, 2.75) is 30.5 Å². The van der Waals surface area contributed by atoms with Crippen LogP contribution in [-0.2, 0) is 15.1 Å². The van der Waals surface area contributed by atoms with Gasteiger partial charge < -0.3 is 29.0 Å². The van der Waals surface area contributed by atoms with Gasteiger partial charge in [0.1, 0.15) is 35.2 Å². The molecule has 0 spiro atoms. The van der Waals surface area contributed by atoms with E-state index in [2.05, 4.69) is 26.8 Å². The lowest BCUT2D eigenvalue weighted by Crippen LogP contribution is -2.38. The van der Waals surface area contributed by atoms with Gasteiger partial charge in [-0.05, 0) is 59.0 Å². The summed E-state index contributed by atoms with van der Waals surface area (Å²) in [5.74, 6) is 8.27. The fourth-order valence-electron chi connectivity index (χ4n) is 6.46. The summed E-state index contributed by atoms with van der Waals surface area (Å²) in [4.78, 5) is 15.4. The smallest absolute Gasteiger partial charge is 0.169 e. The van der Waals surface area contributed by atoms with Gasteiger partial charge in [-0.25, -0.2) is 19.6 Å². The van der Waals surface area contributed by atoms with Crippen LogP contribution in [0.25, 0.3) is 11.0 Å². The number of benzene rings is 4. The fourth-order valence-corrected chi connectivity index (χ4v) is 6.46. The van der Waals surface area contributed by atoms with E-state index in [4.69, 9.17) is 24.0 Å². The maximum atomic E-state index is 11.5. The topological polar surface area (TPSA) is 116 Å². The molecule has 11 heteroatoms. The van der Waals surface area contributed by atoms with Crippen molar-refractivity contribution < 1.29 is 24.1 Å². The predicted molar refractivity (Wildman–Crippen MR) is 202 cm³/mol. The van der Waals surface area contributed by atoms with E-state index < -0.39 is 24.0 Å². The van der Waals surface area contributed by atoms with Crippen LogP contribution < -0.4 is 9.47 Å². The van der Waals surface area contributed by atoms with Crippen LogP contribution in [0.3, 0.4) is 0 Å². The van der Waals surface area contributed by atoms with Crippen LogP contribution in [0, 0.1) is 11.8 Å². The second kappa shape index (κ2) is 15.7. The summed E-state index contributed by atoms with van der Waals surface area (Å²) < 4.78 is 26.3. The zero-order chi connectivity index (χ0) is 36.8. The Kier molecular flexibility index (Phi) is 10.5. The van der Waals surface area contributed by atoms with E-state index in [1.54, 1.807) is 25.2 Å². The fraction of sp³-hybridized carbons (Fsp3) is 0.238. The van der Waals surface area contributed by atoms with E-state index in [1.165, 1.54) is 6.33 Å². The number of aliphatic hydroxyl groups is 1. The molecule has 0 aliphatic carbocycles. The first-order valence-electron chi connectivity index (χ1n) is 17.2. The molecule has 0 bridgehead atoms. The van der Waals surface area contributed by atoms with Crippen molar-refractivity contribution in [2.24, 2.45) is 4.99 Å². The molecule has 2 aromatic heterocycles. The molecule has 0 unspecified atom stereocenters. The van der Waals surface area contributed by atoms with Gasteiger partial charge in [-0.15, -0.1) is 0 Å². The minimum absolute atomic E-state index is 0.0534. The Hall–Kier alpha value is -6.06. The van der Waals surface area contributed by atoms with E-state index >= 15 is 0 Å². The summed E-state index contributed by atoms with van der Waals surface area (Å²) in [6.07, 6.45) is 1.13. The molecule has 0 radical (unpaired) electrons. The number of nitrogens with zero attached hydrogens (tertiary/aromatic N) is 6. The third-order valence-electron chi connectivity index (χ3n) is 9.09. The van der Waals surface area contributed by atoms with Gasteiger partial charge in [-0.1, -0.05) is 78.7 Å². The van der Waals surface area contributed by atoms with Crippen molar-refractivity contribution in [3.8, 4) is 23.3 Å². The van der Waals surface area contributed by atoms with Crippen molar-refractivity contribution in [3.05, 3.63) is 143 Å². The highest BCUT2D eigenvalue weighted by atomic mass is 16.6. The van der Waals surface area contributed by atoms with Crippen LogP contribution in [0.2, 0.25) is 0 Å². The summed E-state index contributed by atoms with van der Waals surface area (Å²) in [5, 5.41) is 17.0. The molecule has 1 saturated heterocycles. The van der Waals surface area contributed by atoms with E-state index in [1.807, 2.05) is 128 Å². The van der Waals surface area contributed by atoms with E-state index in [9.17, 15) is 5.11 Å². The molecule has 0 amide bonds. The highest BCUT2D eigenvalue weighted by Crippen LogP contribution is 2.43. The lowest BCUT2D eigenvalue weighted by molar-refractivity contribution is -0.0950. The quantitative estimate of drug-likeness (QED) is 0.0736. The molecule has 1 fully saturated rings. The van der Waals surface area contributed by atoms with Crippen LogP contribution in [0.4, 0.5) is 5.82 Å². The van der Waals surface area contributed by atoms with Crippen LogP contribution in [0.1, 0.15) is 40.6 Å². The second-order valence-corrected chi connectivity index (χ2v) is 12.8. The monoisotopic (exact) mass is 708 g/mol. The lowest BCUT2D eigenvalue weighted by Gasteiger charge is -2.37. The molecule has 1 aliphatic heterocycles. The molecule has 268 valence electrons. The standard InChI is InChI=1S/C42H40N6O5/c1-47(2)28-45-40-39-35(24-15-29-11-7-5-8-12-29)46-48(41(39)44-27-43-40)38-25-36(49)37(53-38)26-52-42(30-13-9-6-10-14-30,31-16-20-33(50-3)21-17-31)32-18-22-34(51-4)23-19-32/h5-14,16-23,27-28,36-38,49H,25-26H2,1-4H3/b45-28+/t36-,37+,38+/m0/s1. The molecule has 53 heavy (non-hydrogen) atoms. The molecule has 6 aromatic rings. The Balaban J connectivity index is 1.25. The van der Waals surface area contributed by atoms with Crippen LogP contribution in [0.5, 0.6) is 11.5 Å².